The minimum Gasteiger partial charge on any atom is -0.479 e. The van der Waals surface area contributed by atoms with Gasteiger partial charge in [0.1, 0.15) is 11.4 Å². The SMILES string of the molecule is CC(=O)OC=C1C(Cc2ccc([N+](=O)[O-])cc2)S[C@@H]2C(N)C(=O)N2C1C(=O)O. The number of nitro groups is 1. The van der Waals surface area contributed by atoms with Gasteiger partial charge in [-0.3, -0.25) is 19.7 Å². The Morgan fingerprint density at radius 1 is 1.39 bits per heavy atom. The first kappa shape index (κ1) is 19.8. The van der Waals surface area contributed by atoms with Crippen LogP contribution in [0.25, 0.3) is 0 Å². The van der Waals surface area contributed by atoms with Gasteiger partial charge in [0.05, 0.1) is 11.2 Å². The average molecular weight is 407 g/mol. The Labute approximate surface area is 163 Å². The van der Waals surface area contributed by atoms with Crippen LogP contribution in [0.5, 0.6) is 0 Å². The smallest absolute Gasteiger partial charge is 0.330 e. The van der Waals surface area contributed by atoms with Crippen LogP contribution in [-0.2, 0) is 25.5 Å². The van der Waals surface area contributed by atoms with E-state index in [0.717, 1.165) is 11.8 Å². The van der Waals surface area contributed by atoms with E-state index < -0.39 is 45.5 Å². The number of benzene rings is 1. The quantitative estimate of drug-likeness (QED) is 0.235. The molecule has 3 rings (SSSR count). The third-order valence-corrected chi connectivity index (χ3v) is 6.12. The molecule has 2 aliphatic heterocycles. The maximum atomic E-state index is 12.1. The highest BCUT2D eigenvalue weighted by molar-refractivity contribution is 8.00. The Balaban J connectivity index is 1.92. The molecule has 3 unspecified atom stereocenters. The summed E-state index contributed by atoms with van der Waals surface area (Å²) in [6.45, 7) is 1.18. The Hall–Kier alpha value is -2.92. The van der Waals surface area contributed by atoms with E-state index in [9.17, 15) is 29.6 Å². The molecule has 11 heteroatoms. The Morgan fingerprint density at radius 2 is 2.04 bits per heavy atom. The minimum absolute atomic E-state index is 0.0584. The molecule has 0 saturated carbocycles. The molecule has 3 N–H and O–H groups in total. The van der Waals surface area contributed by atoms with Crippen molar-refractivity contribution in [2.75, 3.05) is 0 Å². The van der Waals surface area contributed by atoms with Crippen molar-refractivity contribution in [3.8, 4) is 0 Å². The number of nitrogens with two attached hydrogens (primary N) is 1. The van der Waals surface area contributed by atoms with Crippen LogP contribution in [0.4, 0.5) is 5.69 Å². The average Bonchev–Trinajstić information content (AvgIpc) is 2.65. The molecular weight excluding hydrogens is 390 g/mol. The molecule has 2 fully saturated rings. The highest BCUT2D eigenvalue weighted by Crippen LogP contribution is 2.45. The number of thioether (sulfide) groups is 1. The Morgan fingerprint density at radius 3 is 2.57 bits per heavy atom. The van der Waals surface area contributed by atoms with E-state index in [1.807, 2.05) is 0 Å². The predicted octanol–water partition coefficient (Wildman–Crippen LogP) is 0.648. The topological polar surface area (TPSA) is 153 Å². The van der Waals surface area contributed by atoms with Crippen LogP contribution >= 0.6 is 11.8 Å². The first-order valence-electron chi connectivity index (χ1n) is 8.27. The van der Waals surface area contributed by atoms with Gasteiger partial charge >= 0.3 is 11.9 Å². The molecule has 0 aliphatic carbocycles. The normalized spacial score (nSPS) is 27.7. The summed E-state index contributed by atoms with van der Waals surface area (Å²) in [7, 11) is 0. The maximum absolute atomic E-state index is 12.1. The van der Waals surface area contributed by atoms with Crippen molar-refractivity contribution < 1.29 is 29.2 Å². The zero-order valence-electron chi connectivity index (χ0n) is 14.7. The number of carbonyl (C=O) groups is 3. The molecule has 28 heavy (non-hydrogen) atoms. The van der Waals surface area contributed by atoms with Crippen molar-refractivity contribution in [2.24, 2.45) is 5.73 Å². The largest absolute Gasteiger partial charge is 0.479 e. The second kappa shape index (κ2) is 7.60. The van der Waals surface area contributed by atoms with Gasteiger partial charge in [-0.15, -0.1) is 11.8 Å². The molecule has 1 aromatic carbocycles. The number of carbonyl (C=O) groups excluding carboxylic acids is 2. The number of β-lactam (4-membered cyclic amide) rings is 1. The van der Waals surface area contributed by atoms with E-state index in [2.05, 4.69) is 0 Å². The summed E-state index contributed by atoms with van der Waals surface area (Å²) in [6, 6.07) is 3.78. The van der Waals surface area contributed by atoms with Crippen molar-refractivity contribution in [2.45, 2.75) is 36.1 Å². The van der Waals surface area contributed by atoms with Crippen LogP contribution in [0.3, 0.4) is 0 Å². The van der Waals surface area contributed by atoms with Crippen LogP contribution in [0, 0.1) is 10.1 Å². The van der Waals surface area contributed by atoms with Gasteiger partial charge in [0, 0.05) is 29.9 Å². The van der Waals surface area contributed by atoms with Crippen molar-refractivity contribution in [1.82, 2.24) is 4.90 Å². The van der Waals surface area contributed by atoms with E-state index in [1.165, 1.54) is 35.7 Å². The van der Waals surface area contributed by atoms with E-state index >= 15 is 0 Å². The van der Waals surface area contributed by atoms with Gasteiger partial charge in [-0.2, -0.15) is 0 Å². The minimum atomic E-state index is -1.29. The van der Waals surface area contributed by atoms with Crippen molar-refractivity contribution in [3.05, 3.63) is 51.8 Å². The van der Waals surface area contributed by atoms with Crippen LogP contribution in [0.15, 0.2) is 36.1 Å². The van der Waals surface area contributed by atoms with Gasteiger partial charge < -0.3 is 20.5 Å². The van der Waals surface area contributed by atoms with Gasteiger partial charge in [0.25, 0.3) is 5.69 Å². The molecule has 2 heterocycles. The van der Waals surface area contributed by atoms with Crippen molar-refractivity contribution in [3.63, 3.8) is 0 Å². The van der Waals surface area contributed by atoms with Crippen LogP contribution in [0.2, 0.25) is 0 Å². The molecule has 0 aromatic heterocycles. The number of rotatable bonds is 5. The third kappa shape index (κ3) is 3.58. The van der Waals surface area contributed by atoms with E-state index in [-0.39, 0.29) is 11.3 Å². The molecular formula is C17H17N3O7S. The lowest BCUT2D eigenvalue weighted by Gasteiger charge is -2.53. The fraction of sp³-hybridized carbons (Fsp3) is 0.353. The molecule has 0 bridgehead atoms. The standard InChI is InChI=1S/C17H17N3O7S/c1-8(21)27-7-11-12(6-9-2-4-10(5-3-9)20(25)26)28-16-13(18)15(22)19(16)14(11)17(23)24/h2-5,7,12-14,16H,6,18H2,1H3,(H,23,24)/t12?,13?,14?,16-/m1/s1. The second-order valence-electron chi connectivity index (χ2n) is 6.38. The summed E-state index contributed by atoms with van der Waals surface area (Å²) in [6.07, 6.45) is 1.41. The molecule has 2 aliphatic rings. The number of non-ortho nitro benzene ring substituents is 1. The highest BCUT2D eigenvalue weighted by Gasteiger charge is 2.57. The summed E-state index contributed by atoms with van der Waals surface area (Å²) in [5, 5.41) is 19.5. The number of nitro benzene ring substituents is 1. The Bertz CT molecular complexity index is 870. The van der Waals surface area contributed by atoms with E-state index in [1.54, 1.807) is 12.1 Å². The monoisotopic (exact) mass is 407 g/mol. The lowest BCUT2D eigenvalue weighted by molar-refractivity contribution is -0.384. The number of fused-ring (bicyclic) bond motifs is 1. The van der Waals surface area contributed by atoms with Gasteiger partial charge in [0.2, 0.25) is 5.91 Å². The fourth-order valence-electron chi connectivity index (χ4n) is 3.21. The number of ether oxygens (including phenoxy) is 1. The van der Waals surface area contributed by atoms with Crippen LogP contribution in [-0.4, -0.2) is 55.5 Å². The van der Waals surface area contributed by atoms with Gasteiger partial charge in [-0.05, 0) is 12.0 Å². The first-order valence-corrected chi connectivity index (χ1v) is 9.21. The van der Waals surface area contributed by atoms with E-state index in [0.29, 0.717) is 6.42 Å². The van der Waals surface area contributed by atoms with Crippen molar-refractivity contribution >= 4 is 35.3 Å². The lowest BCUT2D eigenvalue weighted by atomic mass is 9.93. The van der Waals surface area contributed by atoms with Gasteiger partial charge in [0.15, 0.2) is 6.04 Å². The molecule has 1 amide bonds. The van der Waals surface area contributed by atoms with Gasteiger partial charge in [-0.1, -0.05) is 12.1 Å². The number of carboxylic acid groups (broad SMARTS) is 1. The number of esters is 1. The van der Waals surface area contributed by atoms with Crippen molar-refractivity contribution in [1.29, 1.82) is 0 Å². The molecule has 10 nitrogen and oxygen atoms in total. The molecule has 0 radical (unpaired) electrons. The number of carboxylic acids is 1. The summed E-state index contributed by atoms with van der Waals surface area (Å²) < 4.78 is 4.91. The lowest BCUT2D eigenvalue weighted by Crippen LogP contribution is -2.74. The first-order chi connectivity index (χ1) is 13.2. The number of hydrogen-bond acceptors (Lipinski definition) is 8. The van der Waals surface area contributed by atoms with Crippen LogP contribution < -0.4 is 5.73 Å². The molecule has 1 aromatic rings. The number of hydrogen-bond donors (Lipinski definition) is 2. The highest BCUT2D eigenvalue weighted by atomic mass is 32.2. The predicted molar refractivity (Wildman–Crippen MR) is 98.1 cm³/mol. The molecule has 148 valence electrons. The molecule has 2 saturated heterocycles. The van der Waals surface area contributed by atoms with Gasteiger partial charge in [-0.25, -0.2) is 4.79 Å². The summed E-state index contributed by atoms with van der Waals surface area (Å²) in [5.41, 5.74) is 6.75. The fourth-order valence-corrected chi connectivity index (χ4v) is 4.81. The summed E-state index contributed by atoms with van der Waals surface area (Å²) >= 11 is 1.30. The third-order valence-electron chi connectivity index (χ3n) is 4.55. The number of amides is 1. The second-order valence-corrected chi connectivity index (χ2v) is 7.71. The summed E-state index contributed by atoms with van der Waals surface area (Å²) in [5.74, 6) is -2.35. The number of aliphatic carboxylic acids is 1. The molecule has 4 atom stereocenters. The molecule has 0 spiro atoms. The number of nitrogens with zero attached hydrogens (tertiary/aromatic N) is 2. The maximum Gasteiger partial charge on any atom is 0.330 e. The Kier molecular flexibility index (Phi) is 5.38. The van der Waals surface area contributed by atoms with Crippen LogP contribution in [0.1, 0.15) is 12.5 Å². The zero-order chi connectivity index (χ0) is 20.6. The zero-order valence-corrected chi connectivity index (χ0v) is 15.5. The van der Waals surface area contributed by atoms with E-state index in [4.69, 9.17) is 10.5 Å². The summed E-state index contributed by atoms with van der Waals surface area (Å²) in [4.78, 5) is 46.6.